The summed E-state index contributed by atoms with van der Waals surface area (Å²) in [5.74, 6) is 0.275. The van der Waals surface area contributed by atoms with Crippen LogP contribution in [0.15, 0.2) is 12.1 Å². The second-order valence-electron chi connectivity index (χ2n) is 5.13. The van der Waals surface area contributed by atoms with Gasteiger partial charge in [-0.1, -0.05) is 23.2 Å². The van der Waals surface area contributed by atoms with E-state index in [1.165, 1.54) is 38.1 Å². The molecule has 1 N–H and O–H groups in total. The van der Waals surface area contributed by atoms with Crippen molar-refractivity contribution in [2.45, 2.75) is 18.9 Å². The number of nitrogens with one attached hydrogen (secondary N) is 1. The molecule has 5 heteroatoms. The summed E-state index contributed by atoms with van der Waals surface area (Å²) in [5.41, 5.74) is 0.665. The van der Waals surface area contributed by atoms with Gasteiger partial charge in [0.2, 0.25) is 0 Å². The molecule has 3 fully saturated rings. The van der Waals surface area contributed by atoms with Gasteiger partial charge >= 0.3 is 0 Å². The monoisotopic (exact) mass is 288 g/mol. The number of nitrogens with zero attached hydrogens (tertiary/aromatic N) is 1. The number of rotatable bonds is 2. The Hall–Kier alpha value is -0.510. The van der Waals surface area contributed by atoms with E-state index in [1.54, 1.807) is 0 Å². The van der Waals surface area contributed by atoms with Crippen molar-refractivity contribution in [1.82, 2.24) is 4.90 Å². The Bertz CT molecular complexity index is 435. The normalized spacial score (nSPS) is 30.5. The van der Waals surface area contributed by atoms with Crippen molar-refractivity contribution >= 4 is 28.9 Å². The lowest BCUT2D eigenvalue weighted by Crippen LogP contribution is -2.53. The molecule has 98 valence electrons. The second-order valence-corrected chi connectivity index (χ2v) is 5.95. The Morgan fingerprint density at radius 2 is 1.78 bits per heavy atom. The topological polar surface area (TPSA) is 15.3 Å². The summed E-state index contributed by atoms with van der Waals surface area (Å²) in [5, 5.41) is 4.12. The summed E-state index contributed by atoms with van der Waals surface area (Å²) < 4.78 is 13.1. The molecule has 0 amide bonds. The minimum Gasteiger partial charge on any atom is -0.378 e. The summed E-state index contributed by atoms with van der Waals surface area (Å²) >= 11 is 12.1. The van der Waals surface area contributed by atoms with Crippen LogP contribution in [0.25, 0.3) is 0 Å². The number of halogens is 3. The zero-order chi connectivity index (χ0) is 12.7. The van der Waals surface area contributed by atoms with Crippen LogP contribution in [0.2, 0.25) is 10.0 Å². The maximum atomic E-state index is 13.1. The van der Waals surface area contributed by atoms with E-state index in [4.69, 9.17) is 23.2 Å². The molecule has 0 aliphatic carbocycles. The Balaban J connectivity index is 1.81. The molecule has 2 bridgehead atoms. The predicted molar refractivity (Wildman–Crippen MR) is 73.0 cm³/mol. The summed E-state index contributed by atoms with van der Waals surface area (Å²) in [7, 11) is 0. The molecule has 3 aliphatic heterocycles. The van der Waals surface area contributed by atoms with Gasteiger partial charge in [0.1, 0.15) is 5.82 Å². The maximum absolute atomic E-state index is 13.1. The highest BCUT2D eigenvalue weighted by atomic mass is 35.5. The lowest BCUT2D eigenvalue weighted by atomic mass is 9.84. The van der Waals surface area contributed by atoms with Gasteiger partial charge in [-0.25, -0.2) is 4.39 Å². The third-order valence-corrected chi connectivity index (χ3v) is 4.59. The lowest BCUT2D eigenvalue weighted by molar-refractivity contribution is 0.0975. The predicted octanol–water partition coefficient (Wildman–Crippen LogP) is 3.64. The molecule has 0 radical (unpaired) electrons. The van der Waals surface area contributed by atoms with Crippen molar-refractivity contribution < 1.29 is 4.39 Å². The van der Waals surface area contributed by atoms with Crippen molar-refractivity contribution in [2.75, 3.05) is 25.0 Å². The Morgan fingerprint density at radius 3 is 2.28 bits per heavy atom. The highest BCUT2D eigenvalue weighted by Crippen LogP contribution is 2.35. The first-order valence-corrected chi connectivity index (χ1v) is 7.02. The van der Waals surface area contributed by atoms with Crippen molar-refractivity contribution in [3.63, 3.8) is 0 Å². The SMILES string of the molecule is Fc1cc(Cl)c(NC2CN3CCC2CC3)c(Cl)c1. The molecular weight excluding hydrogens is 274 g/mol. The highest BCUT2D eigenvalue weighted by Gasteiger charge is 2.34. The highest BCUT2D eigenvalue weighted by molar-refractivity contribution is 6.39. The Kier molecular flexibility index (Phi) is 3.39. The number of hydrogen-bond donors (Lipinski definition) is 1. The van der Waals surface area contributed by atoms with Crippen LogP contribution in [0.5, 0.6) is 0 Å². The quantitative estimate of drug-likeness (QED) is 0.894. The Labute approximate surface area is 116 Å². The fourth-order valence-electron chi connectivity index (χ4n) is 2.99. The van der Waals surface area contributed by atoms with Gasteiger partial charge in [-0.05, 0) is 44.0 Å². The molecule has 18 heavy (non-hydrogen) atoms. The van der Waals surface area contributed by atoms with E-state index in [9.17, 15) is 4.39 Å². The van der Waals surface area contributed by atoms with Gasteiger partial charge in [0.25, 0.3) is 0 Å². The van der Waals surface area contributed by atoms with E-state index in [-0.39, 0.29) is 0 Å². The standard InChI is InChI=1S/C13H15Cl2FN2/c14-10-5-9(16)6-11(15)13(10)17-12-7-18-3-1-8(12)2-4-18/h5-6,8,12,17H,1-4,7H2. The van der Waals surface area contributed by atoms with E-state index >= 15 is 0 Å². The molecule has 4 rings (SSSR count). The number of piperidine rings is 3. The van der Waals surface area contributed by atoms with Gasteiger partial charge in [0, 0.05) is 12.6 Å². The molecule has 0 spiro atoms. The van der Waals surface area contributed by atoms with E-state index in [0.29, 0.717) is 27.7 Å². The zero-order valence-electron chi connectivity index (χ0n) is 9.93. The molecule has 1 unspecified atom stereocenters. The molecule has 3 aliphatic rings. The summed E-state index contributed by atoms with van der Waals surface area (Å²) in [6, 6.07) is 2.97. The van der Waals surface area contributed by atoms with Gasteiger partial charge in [0.05, 0.1) is 15.7 Å². The number of hydrogen-bond acceptors (Lipinski definition) is 2. The first-order chi connectivity index (χ1) is 8.63. The van der Waals surface area contributed by atoms with E-state index in [0.717, 1.165) is 6.54 Å². The number of anilines is 1. The van der Waals surface area contributed by atoms with E-state index in [1.807, 2.05) is 0 Å². The number of fused-ring (bicyclic) bond motifs is 3. The number of benzene rings is 1. The minimum absolute atomic E-state index is 0.358. The van der Waals surface area contributed by atoms with Crippen molar-refractivity contribution in [2.24, 2.45) is 5.92 Å². The van der Waals surface area contributed by atoms with E-state index < -0.39 is 5.82 Å². The second kappa shape index (κ2) is 4.87. The smallest absolute Gasteiger partial charge is 0.126 e. The van der Waals surface area contributed by atoms with Gasteiger partial charge in [0.15, 0.2) is 0 Å². The summed E-state index contributed by atoms with van der Waals surface area (Å²) in [6.45, 7) is 3.40. The molecule has 0 aromatic heterocycles. The van der Waals surface area contributed by atoms with Crippen molar-refractivity contribution in [3.8, 4) is 0 Å². The zero-order valence-corrected chi connectivity index (χ0v) is 11.4. The van der Waals surface area contributed by atoms with Gasteiger partial charge in [-0.15, -0.1) is 0 Å². The van der Waals surface area contributed by atoms with Gasteiger partial charge in [-0.3, -0.25) is 0 Å². The average Bonchev–Trinajstić information content (AvgIpc) is 2.35. The molecule has 1 atom stereocenters. The van der Waals surface area contributed by atoms with Crippen molar-refractivity contribution in [3.05, 3.63) is 28.0 Å². The Morgan fingerprint density at radius 1 is 1.17 bits per heavy atom. The average molecular weight is 289 g/mol. The maximum Gasteiger partial charge on any atom is 0.126 e. The fraction of sp³-hybridized carbons (Fsp3) is 0.538. The minimum atomic E-state index is -0.399. The van der Waals surface area contributed by atoms with E-state index in [2.05, 4.69) is 10.2 Å². The third-order valence-electron chi connectivity index (χ3n) is 3.99. The molecule has 0 saturated carbocycles. The van der Waals surface area contributed by atoms with Crippen molar-refractivity contribution in [1.29, 1.82) is 0 Å². The molecule has 1 aromatic carbocycles. The van der Waals surface area contributed by atoms with Crippen LogP contribution in [0.4, 0.5) is 10.1 Å². The van der Waals surface area contributed by atoms with Gasteiger partial charge in [-0.2, -0.15) is 0 Å². The molecule has 3 heterocycles. The fourth-order valence-corrected chi connectivity index (χ4v) is 3.56. The lowest BCUT2D eigenvalue weighted by Gasteiger charge is -2.45. The first kappa shape index (κ1) is 12.5. The van der Waals surface area contributed by atoms with Crippen LogP contribution in [-0.2, 0) is 0 Å². The molecule has 2 nitrogen and oxygen atoms in total. The summed E-state index contributed by atoms with van der Waals surface area (Å²) in [4.78, 5) is 2.45. The van der Waals surface area contributed by atoms with Crippen LogP contribution in [0.3, 0.4) is 0 Å². The van der Waals surface area contributed by atoms with Crippen LogP contribution >= 0.6 is 23.2 Å². The molecule has 1 aromatic rings. The largest absolute Gasteiger partial charge is 0.378 e. The third kappa shape index (κ3) is 2.31. The van der Waals surface area contributed by atoms with Crippen LogP contribution in [-0.4, -0.2) is 30.6 Å². The molecule has 3 saturated heterocycles. The van der Waals surface area contributed by atoms with Gasteiger partial charge < -0.3 is 10.2 Å². The first-order valence-electron chi connectivity index (χ1n) is 6.27. The van der Waals surface area contributed by atoms with Crippen LogP contribution < -0.4 is 5.32 Å². The molecular formula is C13H15Cl2FN2. The van der Waals surface area contributed by atoms with Crippen LogP contribution in [0, 0.1) is 11.7 Å². The summed E-state index contributed by atoms with van der Waals surface area (Å²) in [6.07, 6.45) is 2.43. The van der Waals surface area contributed by atoms with Crippen LogP contribution in [0.1, 0.15) is 12.8 Å².